The Morgan fingerprint density at radius 2 is 1.79 bits per heavy atom. The van der Waals surface area contributed by atoms with Crippen molar-refractivity contribution in [2.24, 2.45) is 0 Å². The van der Waals surface area contributed by atoms with E-state index < -0.39 is 5.82 Å². The van der Waals surface area contributed by atoms with E-state index in [4.69, 9.17) is 4.74 Å². The molecule has 3 aromatic rings. The lowest BCUT2D eigenvalue weighted by Gasteiger charge is -2.35. The quantitative estimate of drug-likeness (QED) is 0.665. The molecule has 0 aliphatic carbocycles. The standard InChI is InChI=1S/C18H21FN8O/c19-13-8-20-18(21-9-13)26-5-3-25(4-6-26)16-15-17(23-11-22-16)27(12-24-15)10-14-2-1-7-28-14/h8-9,11-12,14H,1-7,10H2. The maximum Gasteiger partial charge on any atom is 0.225 e. The summed E-state index contributed by atoms with van der Waals surface area (Å²) in [7, 11) is 0. The molecule has 5 heterocycles. The van der Waals surface area contributed by atoms with E-state index in [1.165, 1.54) is 12.4 Å². The summed E-state index contributed by atoms with van der Waals surface area (Å²) in [4.78, 5) is 25.9. The summed E-state index contributed by atoms with van der Waals surface area (Å²) in [5.41, 5.74) is 1.65. The van der Waals surface area contributed by atoms with Gasteiger partial charge in [0.2, 0.25) is 5.95 Å². The summed E-state index contributed by atoms with van der Waals surface area (Å²) in [6, 6.07) is 0. The van der Waals surface area contributed by atoms with Crippen LogP contribution in [0.15, 0.2) is 25.0 Å². The van der Waals surface area contributed by atoms with Crippen LogP contribution in [0.25, 0.3) is 11.2 Å². The van der Waals surface area contributed by atoms with Crippen LogP contribution in [-0.2, 0) is 11.3 Å². The van der Waals surface area contributed by atoms with Crippen molar-refractivity contribution < 1.29 is 9.13 Å². The predicted octanol–water partition coefficient (Wildman–Crippen LogP) is 1.26. The Hall–Kier alpha value is -2.88. The third-order valence-electron chi connectivity index (χ3n) is 5.27. The molecule has 10 heteroatoms. The van der Waals surface area contributed by atoms with E-state index in [1.54, 1.807) is 6.33 Å². The maximum absolute atomic E-state index is 13.0. The number of halogens is 1. The predicted molar refractivity (Wildman–Crippen MR) is 101 cm³/mol. The minimum absolute atomic E-state index is 0.232. The van der Waals surface area contributed by atoms with Gasteiger partial charge in [0, 0.05) is 32.8 Å². The Labute approximate surface area is 161 Å². The Bertz CT molecular complexity index is 948. The molecular formula is C18H21FN8O. The highest BCUT2D eigenvalue weighted by Gasteiger charge is 2.24. The molecule has 5 rings (SSSR count). The first kappa shape index (κ1) is 17.2. The third kappa shape index (κ3) is 3.24. The summed E-state index contributed by atoms with van der Waals surface area (Å²) in [6.45, 7) is 4.57. The van der Waals surface area contributed by atoms with Crippen molar-refractivity contribution in [3.05, 3.63) is 30.9 Å². The van der Waals surface area contributed by atoms with E-state index in [0.717, 1.165) is 69.2 Å². The largest absolute Gasteiger partial charge is 0.376 e. The lowest BCUT2D eigenvalue weighted by molar-refractivity contribution is 0.0978. The molecule has 0 N–H and O–H groups in total. The Morgan fingerprint density at radius 3 is 2.54 bits per heavy atom. The number of nitrogens with zero attached hydrogens (tertiary/aromatic N) is 8. The second-order valence-corrected chi connectivity index (χ2v) is 7.08. The SMILES string of the molecule is Fc1cnc(N2CCN(c3ncnc4c3ncn4CC3CCCO3)CC2)nc1. The van der Waals surface area contributed by atoms with Crippen LogP contribution < -0.4 is 9.80 Å². The minimum atomic E-state index is -0.427. The van der Waals surface area contributed by atoms with Crippen molar-refractivity contribution in [2.75, 3.05) is 42.6 Å². The summed E-state index contributed by atoms with van der Waals surface area (Å²) >= 11 is 0. The fourth-order valence-corrected chi connectivity index (χ4v) is 3.83. The van der Waals surface area contributed by atoms with Gasteiger partial charge in [-0.05, 0) is 12.8 Å². The molecule has 2 aliphatic rings. The first-order valence-electron chi connectivity index (χ1n) is 9.53. The van der Waals surface area contributed by atoms with Gasteiger partial charge >= 0.3 is 0 Å². The number of piperazine rings is 1. The van der Waals surface area contributed by atoms with Gasteiger partial charge in [-0.15, -0.1) is 0 Å². The van der Waals surface area contributed by atoms with Crippen LogP contribution in [0.2, 0.25) is 0 Å². The molecule has 9 nitrogen and oxygen atoms in total. The number of hydrogen-bond acceptors (Lipinski definition) is 8. The van der Waals surface area contributed by atoms with E-state index in [-0.39, 0.29) is 6.10 Å². The number of fused-ring (bicyclic) bond motifs is 1. The molecule has 2 aliphatic heterocycles. The number of anilines is 2. The molecule has 3 aromatic heterocycles. The zero-order valence-corrected chi connectivity index (χ0v) is 15.4. The highest BCUT2D eigenvalue weighted by atomic mass is 19.1. The first-order valence-corrected chi connectivity index (χ1v) is 9.53. The molecule has 1 atom stereocenters. The lowest BCUT2D eigenvalue weighted by Crippen LogP contribution is -2.47. The molecule has 0 amide bonds. The molecule has 0 spiro atoms. The molecule has 0 aromatic carbocycles. The van der Waals surface area contributed by atoms with Crippen molar-refractivity contribution in [3.8, 4) is 0 Å². The number of rotatable bonds is 4. The zero-order chi connectivity index (χ0) is 18.9. The summed E-state index contributed by atoms with van der Waals surface area (Å²) < 4.78 is 20.8. The van der Waals surface area contributed by atoms with Gasteiger partial charge in [0.05, 0.1) is 31.4 Å². The van der Waals surface area contributed by atoms with Gasteiger partial charge in [-0.2, -0.15) is 0 Å². The second kappa shape index (κ2) is 7.27. The monoisotopic (exact) mass is 384 g/mol. The van der Waals surface area contributed by atoms with E-state index in [2.05, 4.69) is 34.4 Å². The minimum Gasteiger partial charge on any atom is -0.376 e. The fourth-order valence-electron chi connectivity index (χ4n) is 3.83. The Kier molecular flexibility index (Phi) is 4.47. The number of imidazole rings is 1. The van der Waals surface area contributed by atoms with Crippen LogP contribution in [0.4, 0.5) is 16.2 Å². The summed E-state index contributed by atoms with van der Waals surface area (Å²) in [5, 5.41) is 0. The molecule has 0 radical (unpaired) electrons. The van der Waals surface area contributed by atoms with E-state index in [0.29, 0.717) is 5.95 Å². The molecular weight excluding hydrogens is 363 g/mol. The van der Waals surface area contributed by atoms with E-state index >= 15 is 0 Å². The van der Waals surface area contributed by atoms with Gasteiger partial charge < -0.3 is 19.1 Å². The van der Waals surface area contributed by atoms with Crippen molar-refractivity contribution in [2.45, 2.75) is 25.5 Å². The van der Waals surface area contributed by atoms with Gasteiger partial charge in [0.1, 0.15) is 6.33 Å². The third-order valence-corrected chi connectivity index (χ3v) is 5.27. The van der Waals surface area contributed by atoms with Crippen LogP contribution in [0, 0.1) is 5.82 Å². The van der Waals surface area contributed by atoms with Gasteiger partial charge in [-0.3, -0.25) is 0 Å². The average molecular weight is 384 g/mol. The highest BCUT2D eigenvalue weighted by Crippen LogP contribution is 2.24. The van der Waals surface area contributed by atoms with Gasteiger partial charge in [0.25, 0.3) is 0 Å². The van der Waals surface area contributed by atoms with Crippen molar-refractivity contribution >= 4 is 22.9 Å². The number of ether oxygens (including phenoxy) is 1. The Morgan fingerprint density at radius 1 is 1.00 bits per heavy atom. The summed E-state index contributed by atoms with van der Waals surface area (Å²) in [6.07, 6.45) is 8.24. The van der Waals surface area contributed by atoms with Crippen molar-refractivity contribution in [1.82, 2.24) is 29.5 Å². The van der Waals surface area contributed by atoms with Crippen LogP contribution in [0.5, 0.6) is 0 Å². The molecule has 146 valence electrons. The molecule has 2 fully saturated rings. The van der Waals surface area contributed by atoms with Crippen LogP contribution >= 0.6 is 0 Å². The molecule has 0 bridgehead atoms. The second-order valence-electron chi connectivity index (χ2n) is 7.08. The molecule has 28 heavy (non-hydrogen) atoms. The average Bonchev–Trinajstić information content (AvgIpc) is 3.39. The van der Waals surface area contributed by atoms with Gasteiger partial charge in [-0.25, -0.2) is 29.3 Å². The van der Waals surface area contributed by atoms with Crippen LogP contribution in [-0.4, -0.2) is 68.4 Å². The van der Waals surface area contributed by atoms with E-state index in [9.17, 15) is 4.39 Å². The lowest BCUT2D eigenvalue weighted by atomic mass is 10.2. The molecule has 0 saturated carbocycles. The Balaban J connectivity index is 1.32. The van der Waals surface area contributed by atoms with Crippen molar-refractivity contribution in [3.63, 3.8) is 0 Å². The highest BCUT2D eigenvalue weighted by molar-refractivity contribution is 5.83. The van der Waals surface area contributed by atoms with Gasteiger partial charge in [0.15, 0.2) is 22.8 Å². The van der Waals surface area contributed by atoms with Gasteiger partial charge in [-0.1, -0.05) is 0 Å². The molecule has 1 unspecified atom stereocenters. The number of aromatic nitrogens is 6. The number of hydrogen-bond donors (Lipinski definition) is 0. The summed E-state index contributed by atoms with van der Waals surface area (Å²) in [5.74, 6) is 0.967. The smallest absolute Gasteiger partial charge is 0.225 e. The van der Waals surface area contributed by atoms with Crippen molar-refractivity contribution in [1.29, 1.82) is 0 Å². The fraction of sp³-hybridized carbons (Fsp3) is 0.500. The van der Waals surface area contributed by atoms with Crippen LogP contribution in [0.1, 0.15) is 12.8 Å². The van der Waals surface area contributed by atoms with E-state index in [1.807, 2.05) is 11.2 Å². The normalized spacial score (nSPS) is 20.2. The first-order chi connectivity index (χ1) is 13.8. The van der Waals surface area contributed by atoms with Crippen LogP contribution in [0.3, 0.4) is 0 Å². The molecule has 2 saturated heterocycles. The topological polar surface area (TPSA) is 85.1 Å². The maximum atomic E-state index is 13.0. The zero-order valence-electron chi connectivity index (χ0n) is 15.4.